The second-order valence-electron chi connectivity index (χ2n) is 10.6. The number of pyridine rings is 1. The Labute approximate surface area is 247 Å². The van der Waals surface area contributed by atoms with Crippen molar-refractivity contribution in [3.05, 3.63) is 80.4 Å². The number of anilines is 1. The smallest absolute Gasteiger partial charge is 0.347 e. The molecule has 0 aliphatic rings. The summed E-state index contributed by atoms with van der Waals surface area (Å²) in [5.74, 6) is -2.63. The fourth-order valence-corrected chi connectivity index (χ4v) is 4.18. The van der Waals surface area contributed by atoms with Crippen LogP contribution in [0.5, 0.6) is 0 Å². The van der Waals surface area contributed by atoms with Gasteiger partial charge in [-0.3, -0.25) is 9.59 Å². The first-order valence-corrected chi connectivity index (χ1v) is 13.1. The van der Waals surface area contributed by atoms with Crippen molar-refractivity contribution in [3.63, 3.8) is 0 Å². The predicted molar refractivity (Wildman–Crippen MR) is 149 cm³/mol. The van der Waals surface area contributed by atoms with E-state index in [0.29, 0.717) is 15.9 Å². The zero-order valence-corrected chi connectivity index (χ0v) is 24.3. The van der Waals surface area contributed by atoms with Crippen LogP contribution < -0.4 is 10.6 Å². The number of tetrazole rings is 1. The zero-order chi connectivity index (χ0) is 31.7. The highest BCUT2D eigenvalue weighted by Crippen LogP contribution is 2.30. The van der Waals surface area contributed by atoms with Gasteiger partial charge in [-0.25, -0.2) is 9.67 Å². The number of halogens is 4. The second kappa shape index (κ2) is 11.9. The molecule has 1 aromatic carbocycles. The molecule has 43 heavy (non-hydrogen) atoms. The molecule has 4 aromatic rings. The summed E-state index contributed by atoms with van der Waals surface area (Å²) >= 11 is 6.33. The average Bonchev–Trinajstić information content (AvgIpc) is 3.56. The van der Waals surface area contributed by atoms with Gasteiger partial charge in [0.1, 0.15) is 18.3 Å². The van der Waals surface area contributed by atoms with E-state index in [1.54, 1.807) is 46.8 Å². The molecule has 0 spiro atoms. The SMILES string of the molecule is Cc1cc(C(C)N=O)cc(C(=O)NC(C)(C)C)c1NC(=O)c1cc(Cn2nnc(C(F)(F)F)n2)nn1-c1ncccc1Cl. The van der Waals surface area contributed by atoms with E-state index in [1.807, 2.05) is 0 Å². The quantitative estimate of drug-likeness (QED) is 0.264. The maximum atomic E-state index is 13.8. The van der Waals surface area contributed by atoms with E-state index in [4.69, 9.17) is 11.6 Å². The number of hydrogen-bond donors (Lipinski definition) is 2. The third-order valence-corrected chi connectivity index (χ3v) is 6.21. The third kappa shape index (κ3) is 7.20. The summed E-state index contributed by atoms with van der Waals surface area (Å²) in [4.78, 5) is 43.2. The Bertz CT molecular complexity index is 1690. The van der Waals surface area contributed by atoms with Gasteiger partial charge in [0.25, 0.3) is 17.6 Å². The number of benzene rings is 1. The molecule has 226 valence electrons. The molecule has 0 saturated carbocycles. The Balaban J connectivity index is 1.77. The van der Waals surface area contributed by atoms with Crippen LogP contribution in [0.1, 0.15) is 77.2 Å². The van der Waals surface area contributed by atoms with Crippen molar-refractivity contribution in [3.8, 4) is 5.82 Å². The Hall–Kier alpha value is -4.73. The summed E-state index contributed by atoms with van der Waals surface area (Å²) in [5, 5.41) is 22.8. The van der Waals surface area contributed by atoms with Crippen molar-refractivity contribution in [2.24, 2.45) is 5.18 Å². The first-order chi connectivity index (χ1) is 20.1. The Morgan fingerprint density at radius 3 is 2.44 bits per heavy atom. The van der Waals surface area contributed by atoms with Gasteiger partial charge in [0.2, 0.25) is 0 Å². The van der Waals surface area contributed by atoms with Gasteiger partial charge in [-0.15, -0.1) is 10.2 Å². The number of alkyl halides is 3. The standard InChI is InChI=1S/C26H26ClF3N10O3/c1-13-9-15(14(2)37-43)10-17(22(41)33-25(3,4)5)20(13)32-23(42)19-11-16(12-39-36-24(34-38-39)26(28,29)30)35-40(19)21-18(27)7-6-8-31-21/h6-11,14H,12H2,1-5H3,(H,32,42)(H,33,41). The average molecular weight is 619 g/mol. The molecule has 13 nitrogen and oxygen atoms in total. The van der Waals surface area contributed by atoms with Gasteiger partial charge >= 0.3 is 6.18 Å². The van der Waals surface area contributed by atoms with E-state index in [9.17, 15) is 27.7 Å². The van der Waals surface area contributed by atoms with E-state index in [1.165, 1.54) is 24.4 Å². The lowest BCUT2D eigenvalue weighted by atomic mass is 9.98. The van der Waals surface area contributed by atoms with Crippen LogP contribution in [0.2, 0.25) is 5.02 Å². The molecule has 0 saturated heterocycles. The van der Waals surface area contributed by atoms with Gasteiger partial charge in [-0.05, 0) is 75.2 Å². The summed E-state index contributed by atoms with van der Waals surface area (Å²) in [6.07, 6.45) is -3.38. The van der Waals surface area contributed by atoms with Crippen LogP contribution >= 0.6 is 11.6 Å². The number of carbonyl (C=O) groups excluding carboxylic acids is 2. The first kappa shape index (κ1) is 31.2. The number of carbonyl (C=O) groups is 2. The van der Waals surface area contributed by atoms with Gasteiger partial charge in [-0.1, -0.05) is 22.8 Å². The molecule has 4 rings (SSSR count). The highest BCUT2D eigenvalue weighted by molar-refractivity contribution is 6.32. The van der Waals surface area contributed by atoms with Gasteiger partial charge in [0.15, 0.2) is 5.82 Å². The molecule has 0 aliphatic heterocycles. The van der Waals surface area contributed by atoms with Gasteiger partial charge in [-0.2, -0.15) is 28.0 Å². The summed E-state index contributed by atoms with van der Waals surface area (Å²) < 4.78 is 40.0. The lowest BCUT2D eigenvalue weighted by Gasteiger charge is -2.23. The minimum Gasteiger partial charge on any atom is -0.347 e. The van der Waals surface area contributed by atoms with Crippen LogP contribution in [0, 0.1) is 11.8 Å². The van der Waals surface area contributed by atoms with Crippen molar-refractivity contribution >= 4 is 29.1 Å². The molecule has 0 radical (unpaired) electrons. The molecule has 0 bridgehead atoms. The van der Waals surface area contributed by atoms with Crippen LogP contribution in [0.3, 0.4) is 0 Å². The van der Waals surface area contributed by atoms with Crippen LogP contribution in [0.15, 0.2) is 41.7 Å². The zero-order valence-electron chi connectivity index (χ0n) is 23.6. The van der Waals surface area contributed by atoms with Gasteiger partial charge in [0, 0.05) is 11.7 Å². The molecule has 1 atom stereocenters. The Morgan fingerprint density at radius 2 is 1.84 bits per heavy atom. The summed E-state index contributed by atoms with van der Waals surface area (Å²) in [5.41, 5.74) is 0.526. The lowest BCUT2D eigenvalue weighted by Crippen LogP contribution is -2.41. The van der Waals surface area contributed by atoms with Crippen molar-refractivity contribution in [1.29, 1.82) is 0 Å². The molecular weight excluding hydrogens is 593 g/mol. The van der Waals surface area contributed by atoms with Crippen LogP contribution in [-0.4, -0.2) is 52.3 Å². The van der Waals surface area contributed by atoms with Crippen LogP contribution in [-0.2, 0) is 12.7 Å². The maximum Gasteiger partial charge on any atom is 0.455 e. The molecule has 0 aliphatic carbocycles. The highest BCUT2D eigenvalue weighted by atomic mass is 35.5. The molecular formula is C26H26ClF3N10O3. The first-order valence-electron chi connectivity index (χ1n) is 12.7. The topological polar surface area (TPSA) is 162 Å². The van der Waals surface area contributed by atoms with E-state index in [0.717, 1.165) is 4.68 Å². The molecule has 3 aromatic heterocycles. The number of nitroso groups, excluding NO2 is 1. The van der Waals surface area contributed by atoms with E-state index in [2.05, 4.69) is 41.3 Å². The lowest BCUT2D eigenvalue weighted by molar-refractivity contribution is -0.145. The third-order valence-electron chi connectivity index (χ3n) is 5.91. The van der Waals surface area contributed by atoms with Crippen LogP contribution in [0.4, 0.5) is 18.9 Å². The number of nitrogens with one attached hydrogen (secondary N) is 2. The van der Waals surface area contributed by atoms with Crippen molar-refractivity contribution < 1.29 is 22.8 Å². The molecule has 2 amide bonds. The van der Waals surface area contributed by atoms with Crippen molar-refractivity contribution in [2.45, 2.75) is 58.9 Å². The van der Waals surface area contributed by atoms with E-state index in [-0.39, 0.29) is 40.0 Å². The molecule has 17 heteroatoms. The summed E-state index contributed by atoms with van der Waals surface area (Å²) in [7, 11) is 0. The number of rotatable bonds is 8. The maximum absolute atomic E-state index is 13.8. The minimum atomic E-state index is -4.80. The Kier molecular flexibility index (Phi) is 8.62. The number of nitrogens with zero attached hydrogens (tertiary/aromatic N) is 8. The largest absolute Gasteiger partial charge is 0.455 e. The number of amides is 2. The summed E-state index contributed by atoms with van der Waals surface area (Å²) in [6, 6.07) is 6.72. The second-order valence-corrected chi connectivity index (χ2v) is 11.0. The van der Waals surface area contributed by atoms with Gasteiger partial charge in [0.05, 0.1) is 22.0 Å². The van der Waals surface area contributed by atoms with Gasteiger partial charge < -0.3 is 10.6 Å². The fourth-order valence-electron chi connectivity index (χ4n) is 3.98. The predicted octanol–water partition coefficient (Wildman–Crippen LogP) is 4.89. The number of hydrogen-bond acceptors (Lipinski definition) is 9. The van der Waals surface area contributed by atoms with Crippen LogP contribution in [0.25, 0.3) is 5.82 Å². The molecule has 1 unspecified atom stereocenters. The summed E-state index contributed by atoms with van der Waals surface area (Å²) in [6.45, 7) is 8.21. The molecule has 0 fully saturated rings. The van der Waals surface area contributed by atoms with E-state index >= 15 is 0 Å². The highest BCUT2D eigenvalue weighted by Gasteiger charge is 2.37. The Morgan fingerprint density at radius 1 is 1.12 bits per heavy atom. The monoisotopic (exact) mass is 618 g/mol. The number of aryl methyl sites for hydroxylation is 1. The van der Waals surface area contributed by atoms with Crippen molar-refractivity contribution in [1.82, 2.24) is 40.3 Å². The minimum absolute atomic E-state index is 0.0618. The van der Waals surface area contributed by atoms with E-state index < -0.39 is 35.4 Å². The van der Waals surface area contributed by atoms with Crippen molar-refractivity contribution in [2.75, 3.05) is 5.32 Å². The fraction of sp³-hybridized carbons (Fsp3) is 0.346. The number of aromatic nitrogens is 7. The normalized spacial score (nSPS) is 12.6. The molecule has 3 heterocycles. The molecule has 2 N–H and O–H groups in total.